The van der Waals surface area contributed by atoms with E-state index in [0.29, 0.717) is 25.1 Å². The average molecular weight is 374 g/mol. The number of aliphatic hydroxyl groups is 1. The number of carbonyl (C=O) groups excluding carboxylic acids is 1. The Labute approximate surface area is 161 Å². The molecule has 0 saturated carbocycles. The van der Waals surface area contributed by atoms with Crippen LogP contribution in [0.5, 0.6) is 0 Å². The van der Waals surface area contributed by atoms with E-state index >= 15 is 0 Å². The normalized spacial score (nSPS) is 16.7. The highest BCUT2D eigenvalue weighted by Crippen LogP contribution is 2.24. The fraction of sp³-hybridized carbons (Fsp3) is 0.619. The van der Waals surface area contributed by atoms with Gasteiger partial charge in [0.1, 0.15) is 0 Å². The van der Waals surface area contributed by atoms with E-state index in [9.17, 15) is 9.90 Å². The van der Waals surface area contributed by atoms with Gasteiger partial charge in [-0.15, -0.1) is 0 Å². The first-order valence-electron chi connectivity index (χ1n) is 9.74. The van der Waals surface area contributed by atoms with Crippen LogP contribution in [0.25, 0.3) is 0 Å². The number of aliphatic hydroxyl groups excluding tert-OH is 1. The maximum absolute atomic E-state index is 11.7. The predicted molar refractivity (Wildman–Crippen MR) is 102 cm³/mol. The minimum Gasteiger partial charge on any atom is -0.466 e. The number of hydrogen-bond donors (Lipinski definition) is 1. The fourth-order valence-corrected chi connectivity index (χ4v) is 3.42. The highest BCUT2D eigenvalue weighted by molar-refractivity contribution is 5.69. The molecule has 0 aromatic heterocycles. The number of aryl methyl sites for hydroxylation is 1. The number of benzene rings is 1. The zero-order chi connectivity index (χ0) is 19.6. The molecule has 0 bridgehead atoms. The molecule has 0 radical (unpaired) electrons. The number of nitrogens with zero attached hydrogens (tertiary/aromatic N) is 2. The van der Waals surface area contributed by atoms with E-state index in [0.717, 1.165) is 24.2 Å². The second-order valence-corrected chi connectivity index (χ2v) is 6.97. The van der Waals surface area contributed by atoms with Crippen LogP contribution in [0, 0.1) is 11.3 Å². The van der Waals surface area contributed by atoms with Crippen LogP contribution in [-0.2, 0) is 20.7 Å². The summed E-state index contributed by atoms with van der Waals surface area (Å²) in [5.41, 5.74) is 2.40. The van der Waals surface area contributed by atoms with Gasteiger partial charge in [-0.2, -0.15) is 5.26 Å². The van der Waals surface area contributed by atoms with Gasteiger partial charge >= 0.3 is 5.97 Å². The van der Waals surface area contributed by atoms with Crippen molar-refractivity contribution in [3.8, 4) is 6.07 Å². The van der Waals surface area contributed by atoms with Crippen LogP contribution >= 0.6 is 0 Å². The Morgan fingerprint density at radius 1 is 1.37 bits per heavy atom. The summed E-state index contributed by atoms with van der Waals surface area (Å²) in [5.74, 6) is -0.250. The molecule has 148 valence electrons. The first kappa shape index (κ1) is 21.4. The molecule has 0 amide bonds. The third-order valence-corrected chi connectivity index (χ3v) is 4.82. The summed E-state index contributed by atoms with van der Waals surface area (Å²) in [4.78, 5) is 13.9. The van der Waals surface area contributed by atoms with Crippen LogP contribution in [0.3, 0.4) is 0 Å². The summed E-state index contributed by atoms with van der Waals surface area (Å²) >= 11 is 0. The Bertz CT molecular complexity index is 650. The summed E-state index contributed by atoms with van der Waals surface area (Å²) in [5, 5.41) is 19.4. The SMILES string of the molecule is CCOC(=O)CCc1cc(C#N)ccc1C(C)OCC(O)CN1CCCC1. The van der Waals surface area contributed by atoms with Gasteiger partial charge in [0, 0.05) is 13.0 Å². The topological polar surface area (TPSA) is 82.8 Å². The third kappa shape index (κ3) is 6.94. The van der Waals surface area contributed by atoms with Gasteiger partial charge in [0.2, 0.25) is 0 Å². The third-order valence-electron chi connectivity index (χ3n) is 4.82. The molecule has 1 aromatic rings. The zero-order valence-electron chi connectivity index (χ0n) is 16.3. The molecule has 1 aliphatic heterocycles. The molecule has 0 aliphatic carbocycles. The summed E-state index contributed by atoms with van der Waals surface area (Å²) < 4.78 is 10.9. The lowest BCUT2D eigenvalue weighted by Crippen LogP contribution is -2.33. The quantitative estimate of drug-likeness (QED) is 0.634. The smallest absolute Gasteiger partial charge is 0.306 e. The lowest BCUT2D eigenvalue weighted by atomic mass is 9.97. The molecule has 2 rings (SSSR count). The van der Waals surface area contributed by atoms with Gasteiger partial charge in [-0.3, -0.25) is 4.79 Å². The Morgan fingerprint density at radius 2 is 2.11 bits per heavy atom. The maximum Gasteiger partial charge on any atom is 0.306 e. The van der Waals surface area contributed by atoms with Crippen molar-refractivity contribution < 1.29 is 19.4 Å². The van der Waals surface area contributed by atoms with E-state index in [-0.39, 0.29) is 25.1 Å². The van der Waals surface area contributed by atoms with Crippen LogP contribution in [0.1, 0.15) is 55.9 Å². The number of hydrogen-bond acceptors (Lipinski definition) is 6. The number of ether oxygens (including phenoxy) is 2. The molecule has 0 spiro atoms. The molecule has 27 heavy (non-hydrogen) atoms. The molecule has 1 heterocycles. The van der Waals surface area contributed by atoms with Gasteiger partial charge < -0.3 is 19.5 Å². The molecule has 1 saturated heterocycles. The van der Waals surface area contributed by atoms with Crippen molar-refractivity contribution >= 4 is 5.97 Å². The molecule has 1 N–H and O–H groups in total. The number of carbonyl (C=O) groups is 1. The van der Waals surface area contributed by atoms with Crippen molar-refractivity contribution in [1.82, 2.24) is 4.90 Å². The van der Waals surface area contributed by atoms with Crippen LogP contribution < -0.4 is 0 Å². The molecular formula is C21H30N2O4. The summed E-state index contributed by atoms with van der Waals surface area (Å²) in [6, 6.07) is 7.56. The van der Waals surface area contributed by atoms with Gasteiger partial charge in [-0.25, -0.2) is 0 Å². The zero-order valence-corrected chi connectivity index (χ0v) is 16.3. The average Bonchev–Trinajstić information content (AvgIpc) is 3.17. The van der Waals surface area contributed by atoms with Crippen molar-refractivity contribution in [3.05, 3.63) is 34.9 Å². The van der Waals surface area contributed by atoms with Gasteiger partial charge in [0.05, 0.1) is 37.1 Å². The van der Waals surface area contributed by atoms with Crippen molar-refractivity contribution in [2.24, 2.45) is 0 Å². The van der Waals surface area contributed by atoms with Gasteiger partial charge in [0.15, 0.2) is 0 Å². The minimum atomic E-state index is -0.521. The number of esters is 1. The largest absolute Gasteiger partial charge is 0.466 e. The number of β-amino-alcohol motifs (C(OH)–C–C–N with tert-alkyl or cyclic N) is 1. The second kappa shape index (κ2) is 11.0. The predicted octanol–water partition coefficient (Wildman–Crippen LogP) is 2.59. The molecule has 2 unspecified atom stereocenters. The Morgan fingerprint density at radius 3 is 2.78 bits per heavy atom. The molecular weight excluding hydrogens is 344 g/mol. The van der Waals surface area contributed by atoms with Crippen LogP contribution in [0.2, 0.25) is 0 Å². The molecule has 1 fully saturated rings. The molecule has 1 aromatic carbocycles. The lowest BCUT2D eigenvalue weighted by molar-refractivity contribution is -0.143. The van der Waals surface area contributed by atoms with Gasteiger partial charge in [-0.05, 0) is 69.5 Å². The monoisotopic (exact) mass is 374 g/mol. The molecule has 2 atom stereocenters. The van der Waals surface area contributed by atoms with Crippen LogP contribution in [-0.4, -0.2) is 54.9 Å². The van der Waals surface area contributed by atoms with Gasteiger partial charge in [-0.1, -0.05) is 6.07 Å². The number of nitriles is 1. The Balaban J connectivity index is 1.95. The summed E-state index contributed by atoms with van der Waals surface area (Å²) in [6.45, 7) is 7.05. The summed E-state index contributed by atoms with van der Waals surface area (Å²) in [6.07, 6.45) is 2.39. The molecule has 6 nitrogen and oxygen atoms in total. The van der Waals surface area contributed by atoms with Gasteiger partial charge in [0.25, 0.3) is 0 Å². The van der Waals surface area contributed by atoms with E-state index in [1.165, 1.54) is 12.8 Å². The first-order valence-corrected chi connectivity index (χ1v) is 9.74. The summed E-state index contributed by atoms with van der Waals surface area (Å²) in [7, 11) is 0. The number of likely N-dealkylation sites (tertiary alicyclic amines) is 1. The lowest BCUT2D eigenvalue weighted by Gasteiger charge is -2.22. The van der Waals surface area contributed by atoms with E-state index in [4.69, 9.17) is 14.7 Å². The van der Waals surface area contributed by atoms with Crippen LogP contribution in [0.15, 0.2) is 18.2 Å². The number of rotatable bonds is 10. The van der Waals surface area contributed by atoms with Crippen molar-refractivity contribution in [2.75, 3.05) is 32.8 Å². The molecule has 6 heteroatoms. The fourth-order valence-electron chi connectivity index (χ4n) is 3.42. The van der Waals surface area contributed by atoms with Crippen molar-refractivity contribution in [3.63, 3.8) is 0 Å². The highest BCUT2D eigenvalue weighted by Gasteiger charge is 2.18. The van der Waals surface area contributed by atoms with Crippen molar-refractivity contribution in [2.45, 2.75) is 51.7 Å². The standard InChI is InChI=1S/C21H30N2O4/c1-3-26-21(25)9-7-18-12-17(13-22)6-8-20(18)16(2)27-15-19(24)14-23-10-4-5-11-23/h6,8,12,16,19,24H,3-5,7,9-11,14-15H2,1-2H3. The molecule has 1 aliphatic rings. The minimum absolute atomic E-state index is 0.233. The maximum atomic E-state index is 11.7. The highest BCUT2D eigenvalue weighted by atomic mass is 16.5. The van der Waals surface area contributed by atoms with Crippen molar-refractivity contribution in [1.29, 1.82) is 5.26 Å². The van der Waals surface area contributed by atoms with E-state index in [1.54, 1.807) is 19.1 Å². The Hall–Kier alpha value is -1.94. The first-order chi connectivity index (χ1) is 13.0. The second-order valence-electron chi connectivity index (χ2n) is 6.97. The van der Waals surface area contributed by atoms with E-state index in [2.05, 4.69) is 11.0 Å². The van der Waals surface area contributed by atoms with Crippen LogP contribution in [0.4, 0.5) is 0 Å². The van der Waals surface area contributed by atoms with E-state index in [1.807, 2.05) is 13.0 Å². The Kier molecular flexibility index (Phi) is 8.73. The van der Waals surface area contributed by atoms with E-state index < -0.39 is 6.10 Å².